The van der Waals surface area contributed by atoms with Crippen molar-refractivity contribution in [1.29, 1.82) is 0 Å². The summed E-state index contributed by atoms with van der Waals surface area (Å²) in [6.45, 7) is 4.96. The maximum Gasteiger partial charge on any atom is 0.256 e. The van der Waals surface area contributed by atoms with Crippen LogP contribution in [0.5, 0.6) is 0 Å². The van der Waals surface area contributed by atoms with Crippen LogP contribution in [0.3, 0.4) is 0 Å². The summed E-state index contributed by atoms with van der Waals surface area (Å²) in [7, 11) is 1.69. The van der Waals surface area contributed by atoms with Gasteiger partial charge in [-0.3, -0.25) is 4.79 Å². The minimum absolute atomic E-state index is 0.0759. The van der Waals surface area contributed by atoms with Gasteiger partial charge < -0.3 is 19.9 Å². The Hall–Kier alpha value is -2.70. The molecular weight excluding hydrogens is 393 g/mol. The molecule has 1 aliphatic rings. The third-order valence-corrected chi connectivity index (χ3v) is 6.41. The molecule has 0 atom stereocenters. The monoisotopic (exact) mass is 423 g/mol. The zero-order valence-corrected chi connectivity index (χ0v) is 18.2. The van der Waals surface area contributed by atoms with Crippen LogP contribution in [0.2, 0.25) is 0 Å². The first kappa shape index (κ1) is 21.5. The summed E-state index contributed by atoms with van der Waals surface area (Å²) in [5.41, 5.74) is 10.3. The average molecular weight is 424 g/mol. The Morgan fingerprint density at radius 1 is 1.23 bits per heavy atom. The van der Waals surface area contributed by atoms with E-state index in [0.717, 1.165) is 40.4 Å². The van der Waals surface area contributed by atoms with Crippen molar-refractivity contribution in [3.63, 3.8) is 0 Å². The number of methoxy groups -OCH3 is 1. The van der Waals surface area contributed by atoms with Crippen LogP contribution in [0.4, 0.5) is 4.39 Å². The highest BCUT2D eigenvalue weighted by Crippen LogP contribution is 2.31. The fourth-order valence-corrected chi connectivity index (χ4v) is 4.68. The van der Waals surface area contributed by atoms with E-state index in [2.05, 4.69) is 17.6 Å². The van der Waals surface area contributed by atoms with Gasteiger partial charge in [0, 0.05) is 50.4 Å². The van der Waals surface area contributed by atoms with E-state index >= 15 is 0 Å². The van der Waals surface area contributed by atoms with Crippen molar-refractivity contribution in [2.45, 2.75) is 38.8 Å². The van der Waals surface area contributed by atoms with Gasteiger partial charge in [-0.05, 0) is 42.9 Å². The molecule has 1 aliphatic heterocycles. The van der Waals surface area contributed by atoms with Gasteiger partial charge in [-0.15, -0.1) is 0 Å². The van der Waals surface area contributed by atoms with Crippen LogP contribution in [0.15, 0.2) is 42.6 Å². The zero-order chi connectivity index (χ0) is 22.0. The van der Waals surface area contributed by atoms with Gasteiger partial charge in [-0.1, -0.05) is 30.3 Å². The molecule has 2 N–H and O–H groups in total. The third kappa shape index (κ3) is 4.23. The predicted octanol–water partition coefficient (Wildman–Crippen LogP) is 4.21. The Labute approximate surface area is 182 Å². The van der Waals surface area contributed by atoms with E-state index in [-0.39, 0.29) is 18.3 Å². The predicted molar refractivity (Wildman–Crippen MR) is 121 cm³/mol. The molecule has 164 valence electrons. The second kappa shape index (κ2) is 9.20. The summed E-state index contributed by atoms with van der Waals surface area (Å²) < 4.78 is 21.2. The first-order valence-corrected chi connectivity index (χ1v) is 10.9. The van der Waals surface area contributed by atoms with Gasteiger partial charge in [0.05, 0.1) is 17.7 Å². The van der Waals surface area contributed by atoms with Crippen molar-refractivity contribution < 1.29 is 13.9 Å². The smallest absolute Gasteiger partial charge is 0.256 e. The molecule has 3 aromatic rings. The number of piperidine rings is 1. The Kier molecular flexibility index (Phi) is 6.39. The molecule has 2 heterocycles. The molecule has 0 saturated carbocycles. The highest BCUT2D eigenvalue weighted by atomic mass is 19.1. The van der Waals surface area contributed by atoms with Crippen molar-refractivity contribution in [2.24, 2.45) is 5.73 Å². The standard InChI is InChI=1S/C25H30FN3O2/c1-17-4-3-5-21-22(16-29(24(17)21)12-13-31-2)25(30)28-10-8-18(9-11-28)19-6-7-23(26)20(14-19)15-27/h3-7,14,16,18H,8-13,15,27H2,1-2H3. The molecule has 31 heavy (non-hydrogen) atoms. The van der Waals surface area contributed by atoms with E-state index in [1.165, 1.54) is 6.07 Å². The molecule has 4 rings (SSSR count). The van der Waals surface area contributed by atoms with Gasteiger partial charge in [0.1, 0.15) is 5.82 Å². The maximum absolute atomic E-state index is 13.8. The fourth-order valence-electron chi connectivity index (χ4n) is 4.68. The molecule has 0 spiro atoms. The Morgan fingerprint density at radius 2 is 2.00 bits per heavy atom. The van der Waals surface area contributed by atoms with E-state index in [1.54, 1.807) is 7.11 Å². The van der Waals surface area contributed by atoms with Gasteiger partial charge in [0.15, 0.2) is 0 Å². The van der Waals surface area contributed by atoms with Gasteiger partial charge in [0.2, 0.25) is 0 Å². The summed E-state index contributed by atoms with van der Waals surface area (Å²) in [6.07, 6.45) is 3.70. The fraction of sp³-hybridized carbons (Fsp3) is 0.400. The molecule has 6 heteroatoms. The van der Waals surface area contributed by atoms with Crippen LogP contribution in [0, 0.1) is 12.7 Å². The number of halogens is 1. The molecule has 0 unspecified atom stereocenters. The number of nitrogens with two attached hydrogens (primary N) is 1. The van der Waals surface area contributed by atoms with Crippen molar-refractivity contribution in [3.05, 3.63) is 70.7 Å². The summed E-state index contributed by atoms with van der Waals surface area (Å²) in [5.74, 6) is 0.145. The summed E-state index contributed by atoms with van der Waals surface area (Å²) in [5, 5.41) is 0.995. The van der Waals surface area contributed by atoms with Crippen LogP contribution < -0.4 is 5.73 Å². The van der Waals surface area contributed by atoms with E-state index < -0.39 is 0 Å². The second-order valence-corrected chi connectivity index (χ2v) is 8.32. The zero-order valence-electron chi connectivity index (χ0n) is 18.2. The first-order valence-electron chi connectivity index (χ1n) is 10.9. The van der Waals surface area contributed by atoms with Crippen molar-refractivity contribution in [3.8, 4) is 0 Å². The van der Waals surface area contributed by atoms with Gasteiger partial charge in [-0.25, -0.2) is 4.39 Å². The summed E-state index contributed by atoms with van der Waals surface area (Å²) in [4.78, 5) is 15.4. The molecule has 0 bridgehead atoms. The number of likely N-dealkylation sites (tertiary alicyclic amines) is 1. The SMILES string of the molecule is COCCn1cc(C(=O)N2CCC(c3ccc(F)c(CN)c3)CC2)c2cccc(C)c21. The van der Waals surface area contributed by atoms with Crippen molar-refractivity contribution in [2.75, 3.05) is 26.8 Å². The minimum Gasteiger partial charge on any atom is -0.383 e. The number of benzene rings is 2. The maximum atomic E-state index is 13.8. The number of hydrogen-bond acceptors (Lipinski definition) is 3. The molecule has 1 amide bonds. The molecule has 0 aliphatic carbocycles. The van der Waals surface area contributed by atoms with Crippen LogP contribution >= 0.6 is 0 Å². The van der Waals surface area contributed by atoms with Crippen molar-refractivity contribution in [1.82, 2.24) is 9.47 Å². The van der Waals surface area contributed by atoms with Gasteiger partial charge in [-0.2, -0.15) is 0 Å². The summed E-state index contributed by atoms with van der Waals surface area (Å²) >= 11 is 0. The number of ether oxygens (including phenoxy) is 1. The topological polar surface area (TPSA) is 60.5 Å². The number of amides is 1. The Bertz CT molecular complexity index is 1080. The van der Waals surface area contributed by atoms with Crippen LogP contribution in [0.1, 0.15) is 45.8 Å². The number of para-hydroxylation sites is 1. The lowest BCUT2D eigenvalue weighted by Gasteiger charge is -2.32. The number of carbonyl (C=O) groups excluding carboxylic acids is 1. The van der Waals surface area contributed by atoms with Gasteiger partial charge in [0.25, 0.3) is 5.91 Å². The molecular formula is C25H30FN3O2. The number of carbonyl (C=O) groups is 1. The largest absolute Gasteiger partial charge is 0.383 e. The van der Waals surface area contributed by atoms with E-state index in [9.17, 15) is 9.18 Å². The van der Waals surface area contributed by atoms with Crippen LogP contribution in [-0.2, 0) is 17.8 Å². The number of rotatable bonds is 6. The Morgan fingerprint density at radius 3 is 2.71 bits per heavy atom. The average Bonchev–Trinajstić information content (AvgIpc) is 3.17. The quantitative estimate of drug-likeness (QED) is 0.646. The number of nitrogens with zero attached hydrogens (tertiary/aromatic N) is 2. The highest BCUT2D eigenvalue weighted by molar-refractivity contribution is 6.07. The van der Waals surface area contributed by atoms with Gasteiger partial charge >= 0.3 is 0 Å². The molecule has 1 fully saturated rings. The molecule has 1 saturated heterocycles. The lowest BCUT2D eigenvalue weighted by Crippen LogP contribution is -2.37. The number of aromatic nitrogens is 1. The highest BCUT2D eigenvalue weighted by Gasteiger charge is 2.27. The number of fused-ring (bicyclic) bond motifs is 1. The van der Waals surface area contributed by atoms with E-state index in [4.69, 9.17) is 10.5 Å². The molecule has 2 aromatic carbocycles. The number of aryl methyl sites for hydroxylation is 1. The third-order valence-electron chi connectivity index (χ3n) is 6.41. The molecule has 5 nitrogen and oxygen atoms in total. The molecule has 0 radical (unpaired) electrons. The second-order valence-electron chi connectivity index (χ2n) is 8.32. The first-order chi connectivity index (χ1) is 15.0. The van der Waals surface area contributed by atoms with Crippen LogP contribution in [-0.4, -0.2) is 42.2 Å². The summed E-state index contributed by atoms with van der Waals surface area (Å²) in [6, 6.07) is 11.3. The van der Waals surface area contributed by atoms with Crippen LogP contribution in [0.25, 0.3) is 10.9 Å². The number of hydrogen-bond donors (Lipinski definition) is 1. The Balaban J connectivity index is 1.53. The lowest BCUT2D eigenvalue weighted by atomic mass is 9.88. The van der Waals surface area contributed by atoms with Crippen molar-refractivity contribution >= 4 is 16.8 Å². The lowest BCUT2D eigenvalue weighted by molar-refractivity contribution is 0.0714. The normalized spacial score (nSPS) is 15.0. The molecule has 1 aromatic heterocycles. The van der Waals surface area contributed by atoms with E-state index in [1.807, 2.05) is 35.4 Å². The van der Waals surface area contributed by atoms with E-state index in [0.29, 0.717) is 37.7 Å². The minimum atomic E-state index is -0.251.